The summed E-state index contributed by atoms with van der Waals surface area (Å²) in [6.07, 6.45) is 3.78. The van der Waals surface area contributed by atoms with Crippen molar-refractivity contribution in [3.8, 4) is 55.9 Å². The third kappa shape index (κ3) is 4.64. The van der Waals surface area contributed by atoms with E-state index < -0.39 is 5.41 Å². The normalized spacial score (nSPS) is 13.2. The molecule has 4 aromatic heterocycles. The van der Waals surface area contributed by atoms with Crippen LogP contribution in [0.5, 0.6) is 0 Å². The molecule has 292 valence electrons. The van der Waals surface area contributed by atoms with E-state index in [0.717, 1.165) is 44.5 Å². The lowest BCUT2D eigenvalue weighted by molar-refractivity contribution is 0.794. The molecule has 0 fully saturated rings. The fraction of sp³-hybridized carbons (Fsp3) is 0.0169. The van der Waals surface area contributed by atoms with Gasteiger partial charge in [0, 0.05) is 45.3 Å². The molecule has 0 saturated carbocycles. The van der Waals surface area contributed by atoms with E-state index in [1.54, 1.807) is 0 Å². The smallest absolute Gasteiger partial charge is 0.145 e. The quantitative estimate of drug-likeness (QED) is 0.178. The topological polar surface area (TPSA) is 35.6 Å². The number of hydrogen-bond donors (Lipinski definition) is 0. The summed E-state index contributed by atoms with van der Waals surface area (Å²) in [5.41, 5.74) is 21.2. The maximum atomic E-state index is 4.89. The predicted octanol–water partition coefficient (Wildman–Crippen LogP) is 14.3. The summed E-state index contributed by atoms with van der Waals surface area (Å²) >= 11 is 0. The van der Waals surface area contributed by atoms with E-state index in [9.17, 15) is 0 Å². The molecule has 4 heteroatoms. The molecule has 0 aliphatic heterocycles. The molecule has 0 unspecified atom stereocenters. The van der Waals surface area contributed by atoms with E-state index in [1.165, 1.54) is 77.5 Å². The highest BCUT2D eigenvalue weighted by Gasteiger charge is 2.51. The summed E-state index contributed by atoms with van der Waals surface area (Å²) < 4.78 is 4.56. The standard InChI is InChI=1S/C59H36N4/c1-3-13-41(14-4-1)62-55-29-25-37(33-49(55)47-19-11-31-60-57(47)62)39-23-27-45-46-28-24-40(36-54(46)59(53(45)35-39)51-21-9-7-17-43(51)44-18-8-10-22-52(44)59)38-26-30-56-50(34-38)48-20-12-32-61-58(48)63(56)42-15-5-2-6-16-42/h1-36H. The minimum Gasteiger partial charge on any atom is -0.294 e. The Morgan fingerprint density at radius 3 is 1.17 bits per heavy atom. The van der Waals surface area contributed by atoms with E-state index in [0.29, 0.717) is 0 Å². The van der Waals surface area contributed by atoms with Gasteiger partial charge in [-0.1, -0.05) is 121 Å². The summed E-state index contributed by atoms with van der Waals surface area (Å²) in [6, 6.07) is 75.9. The first-order valence-electron chi connectivity index (χ1n) is 21.6. The van der Waals surface area contributed by atoms with Gasteiger partial charge in [-0.3, -0.25) is 9.13 Å². The van der Waals surface area contributed by atoms with Crippen molar-refractivity contribution in [1.82, 2.24) is 19.1 Å². The molecular weight excluding hydrogens is 765 g/mol. The number of pyridine rings is 2. The van der Waals surface area contributed by atoms with Crippen LogP contribution in [0.3, 0.4) is 0 Å². The van der Waals surface area contributed by atoms with Gasteiger partial charge in [0.05, 0.1) is 16.4 Å². The maximum absolute atomic E-state index is 4.89. The minimum absolute atomic E-state index is 0.501. The van der Waals surface area contributed by atoms with Crippen molar-refractivity contribution in [2.45, 2.75) is 5.41 Å². The number of para-hydroxylation sites is 2. The van der Waals surface area contributed by atoms with Gasteiger partial charge in [-0.25, -0.2) is 9.97 Å². The van der Waals surface area contributed by atoms with Crippen LogP contribution in [0.1, 0.15) is 22.3 Å². The number of hydrogen-bond acceptors (Lipinski definition) is 2. The molecule has 14 rings (SSSR count). The van der Waals surface area contributed by atoms with Gasteiger partial charge >= 0.3 is 0 Å². The molecule has 2 aliphatic carbocycles. The van der Waals surface area contributed by atoms with Gasteiger partial charge in [0.25, 0.3) is 0 Å². The van der Waals surface area contributed by atoms with Crippen molar-refractivity contribution in [1.29, 1.82) is 0 Å². The summed E-state index contributed by atoms with van der Waals surface area (Å²) in [5, 5.41) is 4.68. The first kappa shape index (κ1) is 34.4. The highest BCUT2D eigenvalue weighted by atomic mass is 15.1. The molecule has 0 atom stereocenters. The number of aromatic nitrogens is 4. The lowest BCUT2D eigenvalue weighted by atomic mass is 9.70. The largest absolute Gasteiger partial charge is 0.294 e. The maximum Gasteiger partial charge on any atom is 0.145 e. The third-order valence-electron chi connectivity index (χ3n) is 13.8. The molecule has 8 aromatic carbocycles. The Morgan fingerprint density at radius 1 is 0.302 bits per heavy atom. The number of nitrogens with zero attached hydrogens (tertiary/aromatic N) is 4. The van der Waals surface area contributed by atoms with Gasteiger partial charge in [-0.15, -0.1) is 0 Å². The van der Waals surface area contributed by atoms with Gasteiger partial charge in [-0.05, 0) is 152 Å². The van der Waals surface area contributed by atoms with Crippen molar-refractivity contribution < 1.29 is 0 Å². The molecule has 0 saturated heterocycles. The van der Waals surface area contributed by atoms with Crippen molar-refractivity contribution in [2.24, 2.45) is 0 Å². The fourth-order valence-electron chi connectivity index (χ4n) is 11.2. The Hall–Kier alpha value is -8.34. The van der Waals surface area contributed by atoms with Crippen LogP contribution in [0, 0.1) is 0 Å². The van der Waals surface area contributed by atoms with E-state index in [2.05, 4.69) is 203 Å². The lowest BCUT2D eigenvalue weighted by Crippen LogP contribution is -2.26. The Labute approximate surface area is 363 Å². The molecule has 2 aliphatic rings. The second-order valence-corrected chi connectivity index (χ2v) is 16.9. The highest BCUT2D eigenvalue weighted by molar-refractivity contribution is 6.10. The summed E-state index contributed by atoms with van der Waals surface area (Å²) in [7, 11) is 0. The number of benzene rings is 8. The molecule has 12 aromatic rings. The second-order valence-electron chi connectivity index (χ2n) is 16.9. The van der Waals surface area contributed by atoms with E-state index in [1.807, 2.05) is 24.5 Å². The van der Waals surface area contributed by atoms with Crippen molar-refractivity contribution in [3.63, 3.8) is 0 Å². The van der Waals surface area contributed by atoms with Crippen molar-refractivity contribution >= 4 is 43.9 Å². The number of rotatable bonds is 4. The zero-order valence-corrected chi connectivity index (χ0v) is 34.1. The van der Waals surface area contributed by atoms with Crippen LogP contribution in [-0.4, -0.2) is 19.1 Å². The average Bonchev–Trinajstić information content (AvgIpc) is 4.06. The van der Waals surface area contributed by atoms with Crippen molar-refractivity contribution in [2.75, 3.05) is 0 Å². The van der Waals surface area contributed by atoms with Crippen LogP contribution in [-0.2, 0) is 5.41 Å². The van der Waals surface area contributed by atoms with Crippen LogP contribution in [0.2, 0.25) is 0 Å². The zero-order valence-electron chi connectivity index (χ0n) is 34.1. The van der Waals surface area contributed by atoms with E-state index in [4.69, 9.17) is 9.97 Å². The summed E-state index contributed by atoms with van der Waals surface area (Å²) in [4.78, 5) is 9.78. The van der Waals surface area contributed by atoms with Crippen LogP contribution >= 0.6 is 0 Å². The first-order valence-corrected chi connectivity index (χ1v) is 21.6. The predicted molar refractivity (Wildman–Crippen MR) is 258 cm³/mol. The molecule has 0 N–H and O–H groups in total. The monoisotopic (exact) mass is 800 g/mol. The fourth-order valence-corrected chi connectivity index (χ4v) is 11.2. The van der Waals surface area contributed by atoms with E-state index in [-0.39, 0.29) is 0 Å². The molecule has 1 spiro atoms. The van der Waals surface area contributed by atoms with E-state index >= 15 is 0 Å². The van der Waals surface area contributed by atoms with Gasteiger partial charge in [0.1, 0.15) is 11.3 Å². The zero-order chi connectivity index (χ0) is 41.2. The van der Waals surface area contributed by atoms with Gasteiger partial charge in [0.15, 0.2) is 0 Å². The Bertz CT molecular complexity index is 3600. The first-order chi connectivity index (χ1) is 31.3. The highest BCUT2D eigenvalue weighted by Crippen LogP contribution is 2.63. The van der Waals surface area contributed by atoms with Crippen molar-refractivity contribution in [3.05, 3.63) is 241 Å². The summed E-state index contributed by atoms with van der Waals surface area (Å²) in [6.45, 7) is 0. The molecule has 0 radical (unpaired) electrons. The van der Waals surface area contributed by atoms with Gasteiger partial charge in [0.2, 0.25) is 0 Å². The van der Waals surface area contributed by atoms with Gasteiger partial charge in [-0.2, -0.15) is 0 Å². The Kier molecular flexibility index (Phi) is 7.01. The van der Waals surface area contributed by atoms with Crippen LogP contribution in [0.15, 0.2) is 219 Å². The molecule has 63 heavy (non-hydrogen) atoms. The van der Waals surface area contributed by atoms with Crippen LogP contribution in [0.25, 0.3) is 99.8 Å². The Balaban J connectivity index is 0.980. The Morgan fingerprint density at radius 2 is 0.698 bits per heavy atom. The second kappa shape index (κ2) is 12.8. The molecule has 0 amide bonds. The van der Waals surface area contributed by atoms with Crippen LogP contribution in [0.4, 0.5) is 0 Å². The molecule has 4 nitrogen and oxygen atoms in total. The summed E-state index contributed by atoms with van der Waals surface area (Å²) in [5.74, 6) is 0. The SMILES string of the molecule is c1ccc(-n2c3ccc(-c4ccc5c(c4)C4(c6ccccc6-c6ccccc64)c4cc(-c6ccc7c(c6)c6cccnc6n7-c6ccccc6)ccc4-5)cc3c3cccnc32)cc1. The molecular formula is C59H36N4. The number of fused-ring (bicyclic) bond motifs is 16. The van der Waals surface area contributed by atoms with Gasteiger partial charge < -0.3 is 0 Å². The lowest BCUT2D eigenvalue weighted by Gasteiger charge is -2.31. The third-order valence-corrected chi connectivity index (χ3v) is 13.8. The molecule has 4 heterocycles. The average molecular weight is 801 g/mol. The molecule has 0 bridgehead atoms. The minimum atomic E-state index is -0.501. The van der Waals surface area contributed by atoms with Crippen LogP contribution < -0.4 is 0 Å².